The second-order valence-electron chi connectivity index (χ2n) is 18.2. The van der Waals surface area contributed by atoms with E-state index in [9.17, 15) is 4.79 Å². The number of rotatable bonds is 21. The number of methoxy groups -OCH3 is 1. The average molecular weight is 1000 g/mol. The minimum atomic E-state index is -1.39. The van der Waals surface area contributed by atoms with Crippen molar-refractivity contribution in [3.8, 4) is 11.5 Å². The monoisotopic (exact) mass is 1000 g/mol. The molecule has 0 aromatic heterocycles. The van der Waals surface area contributed by atoms with Gasteiger partial charge in [-0.15, -0.1) is 0 Å². The van der Waals surface area contributed by atoms with Crippen LogP contribution in [0.3, 0.4) is 0 Å². The van der Waals surface area contributed by atoms with Gasteiger partial charge in [0, 0.05) is 5.56 Å². The summed E-state index contributed by atoms with van der Waals surface area (Å²) in [6.07, 6.45) is -11.3. The number of carbonyl (C=O) groups is 1. The van der Waals surface area contributed by atoms with E-state index in [-0.39, 0.29) is 39.6 Å². The van der Waals surface area contributed by atoms with Crippen LogP contribution >= 0.6 is 0 Å². The zero-order valence-corrected chi connectivity index (χ0v) is 41.0. The maximum Gasteiger partial charge on any atom is 0.338 e. The van der Waals surface area contributed by atoms with Crippen LogP contribution in [0.15, 0.2) is 206 Å². The molecular weight excluding hydrogens is 941 g/mol. The number of ether oxygens (including phenoxy) is 12. The quantitative estimate of drug-likeness (QED) is 0.0635. The molecule has 0 aliphatic carbocycles. The lowest BCUT2D eigenvalue weighted by atomic mass is 9.95. The van der Waals surface area contributed by atoms with E-state index in [0.29, 0.717) is 11.5 Å². The van der Waals surface area contributed by atoms with Crippen LogP contribution in [-0.2, 0) is 85.2 Å². The first-order valence-electron chi connectivity index (χ1n) is 25.0. The van der Waals surface area contributed by atoms with Gasteiger partial charge in [-0.05, 0) is 52.1 Å². The second kappa shape index (κ2) is 25.5. The molecule has 0 saturated carbocycles. The lowest BCUT2D eigenvalue weighted by Gasteiger charge is -2.51. The molecule has 3 saturated heterocycles. The maximum atomic E-state index is 14.9. The van der Waals surface area contributed by atoms with E-state index in [4.69, 9.17) is 56.8 Å². The van der Waals surface area contributed by atoms with Crippen LogP contribution in [-0.4, -0.2) is 81.1 Å². The lowest BCUT2D eigenvalue weighted by molar-refractivity contribution is -0.392. The van der Waals surface area contributed by atoms with Crippen LogP contribution in [0.2, 0.25) is 0 Å². The van der Waals surface area contributed by atoms with Gasteiger partial charge in [-0.25, -0.2) is 4.79 Å². The summed E-state index contributed by atoms with van der Waals surface area (Å²) in [5.41, 5.74) is 5.16. The largest absolute Gasteiger partial charge is 0.497 e. The highest BCUT2D eigenvalue weighted by Crippen LogP contribution is 2.41. The van der Waals surface area contributed by atoms with E-state index in [0.717, 1.165) is 33.4 Å². The number of fused-ring (bicyclic) bond motifs is 1. The maximum absolute atomic E-state index is 14.9. The third-order valence-corrected chi connectivity index (χ3v) is 13.1. The van der Waals surface area contributed by atoms with Crippen LogP contribution in [0.5, 0.6) is 11.5 Å². The zero-order chi connectivity index (χ0) is 50.3. The fourth-order valence-corrected chi connectivity index (χ4v) is 9.23. The van der Waals surface area contributed by atoms with Crippen molar-refractivity contribution < 1.29 is 61.6 Å². The van der Waals surface area contributed by atoms with E-state index in [2.05, 4.69) is 0 Å². The van der Waals surface area contributed by atoms with Gasteiger partial charge in [0.15, 0.2) is 18.7 Å². The van der Waals surface area contributed by atoms with Crippen molar-refractivity contribution in [3.05, 3.63) is 240 Å². The molecule has 0 radical (unpaired) electrons. The fraction of sp³-hybridized carbons (Fsp3) is 0.295. The Hall–Kier alpha value is -6.75. The van der Waals surface area contributed by atoms with Crippen molar-refractivity contribution >= 4 is 5.97 Å². The molecule has 3 fully saturated rings. The summed E-state index contributed by atoms with van der Waals surface area (Å²) >= 11 is 0. The normalized spacial score (nSPS) is 25.6. The number of esters is 1. The van der Waals surface area contributed by atoms with Gasteiger partial charge in [-0.2, -0.15) is 0 Å². The highest BCUT2D eigenvalue weighted by molar-refractivity contribution is 5.76. The molecule has 3 heterocycles. The van der Waals surface area contributed by atoms with E-state index in [1.54, 1.807) is 31.4 Å². The summed E-state index contributed by atoms with van der Waals surface area (Å²) < 4.78 is 80.7. The number of benzene rings is 7. The summed E-state index contributed by atoms with van der Waals surface area (Å²) in [7, 11) is 1.61. The van der Waals surface area contributed by atoms with Crippen molar-refractivity contribution in [2.75, 3.05) is 13.7 Å². The summed E-state index contributed by atoms with van der Waals surface area (Å²) in [6.45, 7) is 0.646. The predicted octanol–water partition coefficient (Wildman–Crippen LogP) is 10.1. The molecule has 10 rings (SSSR count). The van der Waals surface area contributed by atoms with Crippen LogP contribution in [0.4, 0.5) is 0 Å². The summed E-state index contributed by atoms with van der Waals surface area (Å²) in [4.78, 5) is 14.9. The Morgan fingerprint density at radius 2 is 0.878 bits per heavy atom. The molecule has 1 unspecified atom stereocenters. The minimum Gasteiger partial charge on any atom is -0.497 e. The second-order valence-corrected chi connectivity index (χ2v) is 18.2. The Kier molecular flexibility index (Phi) is 17.5. The van der Waals surface area contributed by atoms with Crippen LogP contribution < -0.4 is 9.47 Å². The van der Waals surface area contributed by atoms with Gasteiger partial charge in [-0.3, -0.25) is 0 Å². The van der Waals surface area contributed by atoms with Gasteiger partial charge < -0.3 is 56.8 Å². The van der Waals surface area contributed by atoms with Crippen molar-refractivity contribution in [2.45, 2.75) is 101 Å². The molecule has 0 amide bonds. The SMILES string of the molecule is COc1ccc(O[C@@H]2O[C@@H]3COC(c4ccccc4)O[C@@H]3[C@H](O[C@@H]3O[C@H](C(=O)OCc4ccccc4)[C@@H](OCc4ccccc4)[C@H](OCc4ccccc4)[C@@H]3OCc3ccccc3)[C@H]2OCc2ccccc2)cc1. The fourth-order valence-electron chi connectivity index (χ4n) is 9.23. The molecule has 3 aliphatic heterocycles. The molecule has 7 aromatic carbocycles. The molecule has 0 bridgehead atoms. The molecule has 0 N–H and O–H groups in total. The van der Waals surface area contributed by atoms with Crippen LogP contribution in [0.1, 0.15) is 39.7 Å². The zero-order valence-electron chi connectivity index (χ0n) is 41.0. The van der Waals surface area contributed by atoms with Gasteiger partial charge >= 0.3 is 5.97 Å². The third-order valence-electron chi connectivity index (χ3n) is 13.1. The third kappa shape index (κ3) is 13.1. The molecule has 3 aliphatic rings. The summed E-state index contributed by atoms with van der Waals surface area (Å²) in [5.74, 6) is 0.474. The standard InChI is InChI=1S/C61H60O13/c1-63-48-32-34-49(35-33-48)70-60-57(67-39-45-26-14-5-15-27-45)54(51-50(71-60)41-69-59(72-51)47-30-18-7-19-31-47)73-61-56(66-38-44-24-12-4-13-25-44)53(65-37-43-22-10-3-11-23-43)52(64-36-42-20-8-2-9-21-42)55(74-61)58(62)68-40-46-28-16-6-17-29-46/h2-35,50-57,59-61H,36-41H2,1H3/t50-,51+,52+,53+,54+,55+,56+,57-,59?,60-,61-/m1/s1. The Balaban J connectivity index is 1.07. The van der Waals surface area contributed by atoms with E-state index in [1.807, 2.05) is 182 Å². The van der Waals surface area contributed by atoms with Gasteiger partial charge in [0.25, 0.3) is 0 Å². The summed E-state index contributed by atoms with van der Waals surface area (Å²) in [6, 6.07) is 65.5. The van der Waals surface area contributed by atoms with Crippen LogP contribution in [0.25, 0.3) is 0 Å². The Bertz CT molecular complexity index is 2740. The highest BCUT2D eigenvalue weighted by atomic mass is 16.8. The van der Waals surface area contributed by atoms with Crippen molar-refractivity contribution in [3.63, 3.8) is 0 Å². The Labute approximate surface area is 431 Å². The lowest BCUT2D eigenvalue weighted by Crippen LogP contribution is -2.68. The Morgan fingerprint density at radius 1 is 0.446 bits per heavy atom. The predicted molar refractivity (Wildman–Crippen MR) is 272 cm³/mol. The molecule has 74 heavy (non-hydrogen) atoms. The molecule has 13 nitrogen and oxygen atoms in total. The van der Waals surface area contributed by atoms with Gasteiger partial charge in [0.1, 0.15) is 60.8 Å². The summed E-state index contributed by atoms with van der Waals surface area (Å²) in [5, 5.41) is 0. The Morgan fingerprint density at radius 3 is 1.38 bits per heavy atom. The van der Waals surface area contributed by atoms with Crippen molar-refractivity contribution in [2.24, 2.45) is 0 Å². The average Bonchev–Trinajstić information content (AvgIpc) is 3.46. The van der Waals surface area contributed by atoms with Crippen LogP contribution in [0, 0.1) is 0 Å². The first-order valence-corrected chi connectivity index (χ1v) is 25.0. The number of hydrogen-bond acceptors (Lipinski definition) is 13. The van der Waals surface area contributed by atoms with Crippen molar-refractivity contribution in [1.82, 2.24) is 0 Å². The smallest absolute Gasteiger partial charge is 0.338 e. The van der Waals surface area contributed by atoms with E-state index < -0.39 is 73.7 Å². The van der Waals surface area contributed by atoms with Gasteiger partial charge in [0.05, 0.1) is 40.1 Å². The molecule has 382 valence electrons. The first kappa shape index (κ1) is 50.8. The minimum absolute atomic E-state index is 0.0157. The van der Waals surface area contributed by atoms with E-state index >= 15 is 0 Å². The van der Waals surface area contributed by atoms with Gasteiger partial charge in [0.2, 0.25) is 6.29 Å². The van der Waals surface area contributed by atoms with Gasteiger partial charge in [-0.1, -0.05) is 182 Å². The number of hydrogen-bond donors (Lipinski definition) is 0. The van der Waals surface area contributed by atoms with Crippen molar-refractivity contribution in [1.29, 1.82) is 0 Å². The van der Waals surface area contributed by atoms with E-state index in [1.165, 1.54) is 0 Å². The highest BCUT2D eigenvalue weighted by Gasteiger charge is 2.58. The molecule has 7 aromatic rings. The molecule has 0 spiro atoms. The molecule has 11 atom stereocenters. The number of carbonyl (C=O) groups excluding carboxylic acids is 1. The first-order chi connectivity index (χ1) is 36.5. The topological polar surface area (TPSA) is 128 Å². The molecule has 13 heteroatoms. The molecular formula is C61H60O13.